The zero-order valence-electron chi connectivity index (χ0n) is 40.2. The lowest BCUT2D eigenvalue weighted by Crippen LogP contribution is -3.08. The maximum Gasteiger partial charge on any atom is 0.0782 e. The molecule has 0 radical (unpaired) electrons. The first-order valence-electron chi connectivity index (χ1n) is 24.7. The van der Waals surface area contributed by atoms with Crippen molar-refractivity contribution in [2.45, 2.75) is 168 Å². The van der Waals surface area contributed by atoms with Crippen LogP contribution in [-0.2, 0) is 10.8 Å². The number of rotatable bonds is 25. The molecule has 1 N–H and O–H groups in total. The van der Waals surface area contributed by atoms with E-state index >= 15 is 0 Å². The second-order valence-electron chi connectivity index (χ2n) is 20.1. The van der Waals surface area contributed by atoms with Gasteiger partial charge in [0.1, 0.15) is 0 Å². The summed E-state index contributed by atoms with van der Waals surface area (Å²) in [6, 6.07) is 30.1. The van der Waals surface area contributed by atoms with Gasteiger partial charge in [0, 0.05) is 10.8 Å². The fraction of sp³-hybridized carbons (Fsp3) is 0.579. The largest absolute Gasteiger partial charge is 1.00 e. The Kier molecular flexibility index (Phi) is 19.9. The summed E-state index contributed by atoms with van der Waals surface area (Å²) in [5, 5.41) is 0. The summed E-state index contributed by atoms with van der Waals surface area (Å²) >= 11 is 0. The molecule has 4 heteroatoms. The molecule has 0 heterocycles. The molecule has 2 aliphatic rings. The van der Waals surface area contributed by atoms with Gasteiger partial charge in [0.2, 0.25) is 0 Å². The summed E-state index contributed by atoms with van der Waals surface area (Å²) in [5.41, 5.74) is 18.1. The Morgan fingerprint density at radius 2 is 0.836 bits per heavy atom. The smallest absolute Gasteiger partial charge is 0.0782 e. The van der Waals surface area contributed by atoms with Crippen LogP contribution in [0, 0.1) is 13.8 Å². The van der Waals surface area contributed by atoms with Gasteiger partial charge in [0.25, 0.3) is 0 Å². The summed E-state index contributed by atoms with van der Waals surface area (Å²) < 4.78 is 1.09. The molecule has 0 spiro atoms. The third kappa shape index (κ3) is 11.7. The highest BCUT2D eigenvalue weighted by Crippen LogP contribution is 2.57. The number of nitrogens with zero attached hydrogens (tertiary/aromatic N) is 1. The van der Waals surface area contributed by atoms with E-state index in [9.17, 15) is 0 Å². The zero-order valence-corrected chi connectivity index (χ0v) is 43.4. The van der Waals surface area contributed by atoms with Crippen LogP contribution in [0.3, 0.4) is 0 Å². The third-order valence-corrected chi connectivity index (χ3v) is 15.3. The number of benzene rings is 4. The molecular formula is C57H84Br2N2. The van der Waals surface area contributed by atoms with E-state index in [2.05, 4.69) is 135 Å². The monoisotopic (exact) mass is 955 g/mol. The minimum atomic E-state index is 0. The van der Waals surface area contributed by atoms with Gasteiger partial charge in [-0.3, -0.25) is 0 Å². The average molecular weight is 957 g/mol. The average Bonchev–Trinajstić information content (AvgIpc) is 3.65. The summed E-state index contributed by atoms with van der Waals surface area (Å²) in [6.45, 7) is 18.8. The molecule has 4 aromatic rings. The molecule has 0 saturated heterocycles. The molecule has 61 heavy (non-hydrogen) atoms. The minimum Gasteiger partial charge on any atom is -1.00 e. The van der Waals surface area contributed by atoms with Crippen molar-refractivity contribution >= 4 is 0 Å². The maximum absolute atomic E-state index is 2.69. The highest BCUT2D eigenvalue weighted by atomic mass is 79.9. The van der Waals surface area contributed by atoms with Crippen molar-refractivity contribution in [3.63, 3.8) is 0 Å². The molecule has 0 bridgehead atoms. The lowest BCUT2D eigenvalue weighted by molar-refractivity contribution is -0.888. The van der Waals surface area contributed by atoms with Crippen LogP contribution in [0.4, 0.5) is 0 Å². The van der Waals surface area contributed by atoms with Crippen molar-refractivity contribution in [2.24, 2.45) is 0 Å². The van der Waals surface area contributed by atoms with Crippen molar-refractivity contribution in [1.29, 1.82) is 0 Å². The fourth-order valence-corrected chi connectivity index (χ4v) is 11.2. The van der Waals surface area contributed by atoms with Gasteiger partial charge in [0.15, 0.2) is 0 Å². The maximum atomic E-state index is 2.69. The summed E-state index contributed by atoms with van der Waals surface area (Å²) in [7, 11) is 7.20. The van der Waals surface area contributed by atoms with Gasteiger partial charge in [-0.25, -0.2) is 0 Å². The quantitative estimate of drug-likeness (QED) is 0.0506. The lowest BCUT2D eigenvalue weighted by atomic mass is 9.69. The minimum absolute atomic E-state index is 0. The molecule has 0 saturated carbocycles. The van der Waals surface area contributed by atoms with Crippen molar-refractivity contribution < 1.29 is 43.3 Å². The van der Waals surface area contributed by atoms with Crippen LogP contribution in [0.15, 0.2) is 72.8 Å². The molecule has 2 unspecified atom stereocenters. The number of hydrogen-bond donors (Lipinski definition) is 1. The van der Waals surface area contributed by atoms with Crippen LogP contribution in [0.25, 0.3) is 33.4 Å². The number of quaternary nitrogens is 2. The summed E-state index contributed by atoms with van der Waals surface area (Å²) in [4.78, 5) is 1.64. The van der Waals surface area contributed by atoms with Gasteiger partial charge in [-0.15, -0.1) is 0 Å². The van der Waals surface area contributed by atoms with Gasteiger partial charge in [-0.1, -0.05) is 163 Å². The predicted octanol–water partition coefficient (Wildman–Crippen LogP) is 8.20. The second-order valence-corrected chi connectivity index (χ2v) is 20.1. The van der Waals surface area contributed by atoms with Crippen molar-refractivity contribution in [3.05, 3.63) is 106 Å². The first-order chi connectivity index (χ1) is 28.5. The van der Waals surface area contributed by atoms with Crippen LogP contribution in [-0.4, -0.2) is 51.8 Å². The molecular weight excluding hydrogens is 872 g/mol. The van der Waals surface area contributed by atoms with Crippen LogP contribution in [0.2, 0.25) is 0 Å². The van der Waals surface area contributed by atoms with Crippen molar-refractivity contribution in [3.8, 4) is 33.4 Å². The van der Waals surface area contributed by atoms with E-state index in [1.165, 1.54) is 186 Å². The number of hydrogen-bond acceptors (Lipinski definition) is 0. The first-order valence-corrected chi connectivity index (χ1v) is 24.7. The molecule has 2 aliphatic carbocycles. The van der Waals surface area contributed by atoms with E-state index in [0.29, 0.717) is 0 Å². The van der Waals surface area contributed by atoms with E-state index in [0.717, 1.165) is 4.48 Å². The van der Waals surface area contributed by atoms with E-state index < -0.39 is 0 Å². The highest BCUT2D eigenvalue weighted by molar-refractivity contribution is 5.87. The Balaban J connectivity index is 0.00000410. The van der Waals surface area contributed by atoms with Crippen LogP contribution >= 0.6 is 0 Å². The lowest BCUT2D eigenvalue weighted by Gasteiger charge is -2.35. The van der Waals surface area contributed by atoms with Crippen LogP contribution in [0.5, 0.6) is 0 Å². The van der Waals surface area contributed by atoms with Crippen molar-refractivity contribution in [2.75, 3.05) is 47.3 Å². The molecule has 0 aromatic heterocycles. The Hall–Kier alpha value is -2.24. The van der Waals surface area contributed by atoms with E-state index in [1.807, 2.05) is 0 Å². The Morgan fingerprint density at radius 1 is 0.459 bits per heavy atom. The SMILES string of the molecule is CCCCCCCCC1(CCCCCCCC)c2cc(C)ccc2-c2ccc(-c3ccc4c(c3)C(CCC[NH+](C)CC)(CCC[N+](C)(C)CC)c3cc(C)ccc3-4)cc21.[Br-].[Br-]. The number of nitrogens with one attached hydrogen (secondary N) is 1. The molecule has 4 aromatic carbocycles. The van der Waals surface area contributed by atoms with Gasteiger partial charge in [-0.2, -0.15) is 0 Å². The van der Waals surface area contributed by atoms with Gasteiger partial charge in [-0.05, 0) is 134 Å². The fourth-order valence-electron chi connectivity index (χ4n) is 11.2. The molecule has 0 amide bonds. The number of fused-ring (bicyclic) bond motifs is 6. The second kappa shape index (κ2) is 23.6. The number of halogens is 2. The molecule has 336 valence electrons. The summed E-state index contributed by atoms with van der Waals surface area (Å²) in [5.74, 6) is 0. The van der Waals surface area contributed by atoms with Crippen molar-refractivity contribution in [1.82, 2.24) is 0 Å². The first kappa shape index (κ1) is 51.4. The number of aryl methyl sites for hydroxylation is 2. The predicted molar refractivity (Wildman–Crippen MR) is 258 cm³/mol. The normalized spacial score (nSPS) is 16.3. The van der Waals surface area contributed by atoms with E-state index in [-0.39, 0.29) is 44.8 Å². The molecule has 2 nitrogen and oxygen atoms in total. The highest BCUT2D eigenvalue weighted by Gasteiger charge is 2.45. The molecule has 6 rings (SSSR count). The van der Waals surface area contributed by atoms with Crippen LogP contribution in [0.1, 0.15) is 177 Å². The molecule has 0 aliphatic heterocycles. The summed E-state index contributed by atoms with van der Waals surface area (Å²) in [6.07, 6.45) is 23.7. The number of unbranched alkanes of at least 4 members (excludes halogenated alkanes) is 10. The topological polar surface area (TPSA) is 4.44 Å². The Bertz CT molecular complexity index is 1960. The Labute approximate surface area is 395 Å². The van der Waals surface area contributed by atoms with Gasteiger partial charge >= 0.3 is 0 Å². The third-order valence-electron chi connectivity index (χ3n) is 15.3. The van der Waals surface area contributed by atoms with Crippen LogP contribution < -0.4 is 38.9 Å². The zero-order chi connectivity index (χ0) is 42.0. The molecule has 0 fully saturated rings. The molecule has 2 atom stereocenters. The van der Waals surface area contributed by atoms with Gasteiger partial charge < -0.3 is 43.3 Å². The Morgan fingerprint density at radius 3 is 1.26 bits per heavy atom. The van der Waals surface area contributed by atoms with E-state index in [1.54, 1.807) is 27.2 Å². The van der Waals surface area contributed by atoms with Gasteiger partial charge in [0.05, 0.1) is 47.3 Å². The van der Waals surface area contributed by atoms with E-state index in [4.69, 9.17) is 0 Å². The standard InChI is InChI=1S/C57H83N2.2BrH/c1-10-14-16-18-20-22-34-56(35-23-21-19-17-15-11-2)52-40-44(5)26-30-48(52)50-32-28-46(42-54(50)56)47-29-33-51-49-31-27-45(6)41-53(49)57(55(51)43-47,36-24-38-58(7)12-3)37-25-39-59(8,9)13-4;;/h26-33,40-43H,10-25,34-39H2,1-9H3;2*1H/q+1;;/p-1.